The van der Waals surface area contributed by atoms with Gasteiger partial charge in [0.05, 0.1) is 17.3 Å². The number of carbonyl (C=O) groups is 1. The number of phenols is 1. The molecule has 0 saturated carbocycles. The Morgan fingerprint density at radius 1 is 1.06 bits per heavy atom. The molecule has 0 spiro atoms. The average Bonchev–Trinajstić information content (AvgIpc) is 3.28. The number of fused-ring (bicyclic) bond motifs is 1. The van der Waals surface area contributed by atoms with Crippen molar-refractivity contribution >= 4 is 41.7 Å². The number of phenolic OH excluding ortho intramolecular Hbond substituents is 1. The Balaban J connectivity index is 1.66. The molecule has 0 saturated heterocycles. The summed E-state index contributed by atoms with van der Waals surface area (Å²) in [5, 5.41) is 19.1. The molecule has 0 bridgehead atoms. The SMILES string of the molecule is CCC(Nc1c(Nc2cccc(C(=O)N(C)C)c2O)c(=O)c1=O)c1cccc2[pH]ccc12. The van der Waals surface area contributed by atoms with Crippen molar-refractivity contribution in [1.82, 2.24) is 4.90 Å². The highest BCUT2D eigenvalue weighted by Crippen LogP contribution is 2.36. The van der Waals surface area contributed by atoms with Crippen LogP contribution in [-0.2, 0) is 0 Å². The van der Waals surface area contributed by atoms with Gasteiger partial charge in [-0.05, 0) is 46.5 Å². The zero-order valence-corrected chi connectivity index (χ0v) is 19.0. The maximum Gasteiger partial charge on any atom is 0.257 e. The lowest BCUT2D eigenvalue weighted by atomic mass is 9.99. The molecule has 1 amide bonds. The van der Waals surface area contributed by atoms with Gasteiger partial charge in [-0.25, -0.2) is 0 Å². The summed E-state index contributed by atoms with van der Waals surface area (Å²) in [5.41, 5.74) is 0.377. The number of carbonyl (C=O) groups excluding carboxylic acids is 1. The average molecular weight is 449 g/mol. The third-order valence-corrected chi connectivity index (χ3v) is 6.65. The van der Waals surface area contributed by atoms with Gasteiger partial charge in [0.25, 0.3) is 16.8 Å². The summed E-state index contributed by atoms with van der Waals surface area (Å²) in [6, 6.07) is 12.7. The van der Waals surface area contributed by atoms with Gasteiger partial charge < -0.3 is 20.6 Å². The first-order valence-electron chi connectivity index (χ1n) is 10.3. The molecule has 1 aromatic heterocycles. The summed E-state index contributed by atoms with van der Waals surface area (Å²) < 4.78 is 0. The first kappa shape index (κ1) is 21.7. The van der Waals surface area contributed by atoms with E-state index in [9.17, 15) is 19.5 Å². The number of rotatable bonds is 7. The third kappa shape index (κ3) is 3.65. The molecule has 4 rings (SSSR count). The summed E-state index contributed by atoms with van der Waals surface area (Å²) in [6.45, 7) is 2.01. The standard InChI is InChI=1S/C24H24N3O4P/c1-4-16(13-7-6-10-18-14(13)11-12-32-18)25-19-20(23(30)22(19)29)26-17-9-5-8-15(21(17)28)24(31)27(2)3/h5-12,16,25-26,28,32H,4H2,1-3H3. The summed E-state index contributed by atoms with van der Waals surface area (Å²) in [5.74, 6) is 1.49. The maximum atomic E-state index is 12.4. The van der Waals surface area contributed by atoms with E-state index in [1.165, 1.54) is 16.1 Å². The predicted octanol–water partition coefficient (Wildman–Crippen LogP) is 4.18. The smallest absolute Gasteiger partial charge is 0.257 e. The van der Waals surface area contributed by atoms with E-state index in [2.05, 4.69) is 28.6 Å². The second kappa shape index (κ2) is 8.52. The monoisotopic (exact) mass is 449 g/mol. The fraction of sp³-hybridized carbons (Fsp3) is 0.208. The molecule has 2 atom stereocenters. The number of hydrogen-bond acceptors (Lipinski definition) is 6. The van der Waals surface area contributed by atoms with Crippen molar-refractivity contribution < 1.29 is 9.90 Å². The minimum absolute atomic E-state index is 0.0863. The van der Waals surface area contributed by atoms with Crippen LogP contribution in [0.5, 0.6) is 5.75 Å². The van der Waals surface area contributed by atoms with Crippen LogP contribution in [0.4, 0.5) is 17.1 Å². The summed E-state index contributed by atoms with van der Waals surface area (Å²) in [4.78, 5) is 38.4. The topological polar surface area (TPSA) is 98.7 Å². The second-order valence-electron chi connectivity index (χ2n) is 7.83. The molecule has 0 aliphatic heterocycles. The van der Waals surface area contributed by atoms with E-state index < -0.39 is 10.9 Å². The molecule has 3 aromatic carbocycles. The lowest BCUT2D eigenvalue weighted by molar-refractivity contribution is 0.0824. The van der Waals surface area contributed by atoms with Crippen molar-refractivity contribution in [1.29, 1.82) is 0 Å². The lowest BCUT2D eigenvalue weighted by Gasteiger charge is -2.23. The van der Waals surface area contributed by atoms with Crippen molar-refractivity contribution in [2.45, 2.75) is 19.4 Å². The maximum absolute atomic E-state index is 12.4. The molecule has 0 fully saturated rings. The number of para-hydroxylation sites is 1. The Morgan fingerprint density at radius 2 is 1.78 bits per heavy atom. The van der Waals surface area contributed by atoms with Gasteiger partial charge in [-0.3, -0.25) is 14.4 Å². The Bertz CT molecular complexity index is 1380. The van der Waals surface area contributed by atoms with Crippen LogP contribution < -0.4 is 21.5 Å². The molecule has 8 heteroatoms. The lowest BCUT2D eigenvalue weighted by Crippen LogP contribution is -2.37. The highest BCUT2D eigenvalue weighted by molar-refractivity contribution is 7.36. The predicted molar refractivity (Wildman–Crippen MR) is 131 cm³/mol. The molecule has 0 aliphatic carbocycles. The van der Waals surface area contributed by atoms with Gasteiger partial charge in [-0.15, -0.1) is 8.19 Å². The zero-order valence-electron chi connectivity index (χ0n) is 18.0. The van der Waals surface area contributed by atoms with E-state index in [0.29, 0.717) is 14.6 Å². The molecular formula is C24H24N3O4P. The minimum Gasteiger partial charge on any atom is -0.505 e. The summed E-state index contributed by atoms with van der Waals surface area (Å²) in [7, 11) is 3.80. The number of nitrogens with one attached hydrogen (secondary N) is 2. The molecule has 3 N–H and O–H groups in total. The van der Waals surface area contributed by atoms with Gasteiger partial charge in [0, 0.05) is 14.1 Å². The van der Waals surface area contributed by atoms with Gasteiger partial charge >= 0.3 is 0 Å². The largest absolute Gasteiger partial charge is 0.505 e. The number of benzene rings is 2. The van der Waals surface area contributed by atoms with Gasteiger partial charge in [-0.1, -0.05) is 31.2 Å². The van der Waals surface area contributed by atoms with Crippen LogP contribution in [0.2, 0.25) is 0 Å². The normalized spacial score (nSPS) is 12.3. The van der Waals surface area contributed by atoms with E-state index >= 15 is 0 Å². The van der Waals surface area contributed by atoms with Crippen LogP contribution in [0.3, 0.4) is 0 Å². The van der Waals surface area contributed by atoms with Crippen LogP contribution in [-0.4, -0.2) is 30.0 Å². The molecule has 1 heterocycles. The number of anilines is 3. The van der Waals surface area contributed by atoms with Crippen molar-refractivity contribution in [3.8, 4) is 5.75 Å². The Hall–Kier alpha value is -3.57. The van der Waals surface area contributed by atoms with E-state index in [0.717, 1.165) is 10.9 Å². The first-order chi connectivity index (χ1) is 15.3. The van der Waals surface area contributed by atoms with Crippen molar-refractivity contribution in [2.75, 3.05) is 24.7 Å². The Morgan fingerprint density at radius 3 is 2.50 bits per heavy atom. The summed E-state index contributed by atoms with van der Waals surface area (Å²) in [6.07, 6.45) is 0.712. The molecule has 164 valence electrons. The number of nitrogens with zero attached hydrogens (tertiary/aromatic N) is 1. The van der Waals surface area contributed by atoms with Crippen LogP contribution in [0.15, 0.2) is 57.9 Å². The highest BCUT2D eigenvalue weighted by Gasteiger charge is 2.26. The Labute approximate surface area is 186 Å². The van der Waals surface area contributed by atoms with E-state index in [-0.39, 0.29) is 40.3 Å². The highest BCUT2D eigenvalue weighted by atomic mass is 31.0. The number of amides is 1. The fourth-order valence-electron chi connectivity index (χ4n) is 3.83. The van der Waals surface area contributed by atoms with Crippen LogP contribution in [0.25, 0.3) is 10.5 Å². The van der Waals surface area contributed by atoms with Crippen LogP contribution >= 0.6 is 8.19 Å². The molecule has 4 aromatic rings. The first-order valence-corrected chi connectivity index (χ1v) is 11.4. The van der Waals surface area contributed by atoms with Gasteiger partial charge in [-0.2, -0.15) is 0 Å². The van der Waals surface area contributed by atoms with Crippen molar-refractivity contribution in [3.05, 3.63) is 79.8 Å². The third-order valence-electron chi connectivity index (χ3n) is 5.57. The van der Waals surface area contributed by atoms with Crippen LogP contribution in [0.1, 0.15) is 35.3 Å². The molecule has 32 heavy (non-hydrogen) atoms. The quantitative estimate of drug-likeness (QED) is 0.289. The molecular weight excluding hydrogens is 425 g/mol. The minimum atomic E-state index is -0.661. The summed E-state index contributed by atoms with van der Waals surface area (Å²) >= 11 is 0. The van der Waals surface area contributed by atoms with Crippen LogP contribution in [0, 0.1) is 0 Å². The molecule has 0 radical (unpaired) electrons. The van der Waals surface area contributed by atoms with E-state index in [1.807, 2.05) is 19.1 Å². The van der Waals surface area contributed by atoms with Crippen molar-refractivity contribution in [2.24, 2.45) is 0 Å². The Kier molecular flexibility index (Phi) is 5.76. The number of aromatic hydroxyl groups is 1. The fourth-order valence-corrected chi connectivity index (χ4v) is 4.83. The molecule has 2 unspecified atom stereocenters. The second-order valence-corrected chi connectivity index (χ2v) is 8.99. The molecule has 7 nitrogen and oxygen atoms in total. The number of hydrogen-bond donors (Lipinski definition) is 3. The van der Waals surface area contributed by atoms with E-state index in [1.54, 1.807) is 26.2 Å². The van der Waals surface area contributed by atoms with E-state index in [4.69, 9.17) is 0 Å². The van der Waals surface area contributed by atoms with Gasteiger partial charge in [0.2, 0.25) is 0 Å². The van der Waals surface area contributed by atoms with Crippen molar-refractivity contribution in [3.63, 3.8) is 0 Å². The van der Waals surface area contributed by atoms with Gasteiger partial charge in [0.1, 0.15) is 11.4 Å². The molecule has 0 aliphatic rings. The zero-order chi connectivity index (χ0) is 23.0. The van der Waals surface area contributed by atoms with Gasteiger partial charge in [0.15, 0.2) is 5.75 Å².